The molecular formula is C40H20F6N4. The Balaban J connectivity index is 1.59. The molecule has 4 nitrogen and oxygen atoms in total. The summed E-state index contributed by atoms with van der Waals surface area (Å²) in [4.78, 5) is 0. The molecular weight excluding hydrogens is 650 g/mol. The first kappa shape index (κ1) is 30.8. The van der Waals surface area contributed by atoms with E-state index in [0.29, 0.717) is 55.0 Å². The number of hydrogen-bond donors (Lipinski definition) is 0. The molecule has 2 aromatic heterocycles. The van der Waals surface area contributed by atoms with Crippen LogP contribution >= 0.6 is 0 Å². The van der Waals surface area contributed by atoms with Crippen molar-refractivity contribution in [3.8, 4) is 34.6 Å². The van der Waals surface area contributed by atoms with Crippen LogP contribution in [0, 0.1) is 22.7 Å². The van der Waals surface area contributed by atoms with Gasteiger partial charge in [-0.3, -0.25) is 0 Å². The van der Waals surface area contributed by atoms with E-state index in [2.05, 4.69) is 12.1 Å². The zero-order chi connectivity index (χ0) is 34.9. The Labute approximate surface area is 279 Å². The van der Waals surface area contributed by atoms with Crippen LogP contribution < -0.4 is 0 Å². The molecule has 0 fully saturated rings. The molecule has 50 heavy (non-hydrogen) atoms. The van der Waals surface area contributed by atoms with Crippen LogP contribution in [0.1, 0.15) is 22.3 Å². The Hall–Kier alpha value is -6.52. The predicted octanol–water partition coefficient (Wildman–Crippen LogP) is 11.3. The third-order valence-electron chi connectivity index (χ3n) is 9.02. The second-order valence-electron chi connectivity index (χ2n) is 11.9. The highest BCUT2D eigenvalue weighted by atomic mass is 19.4. The molecule has 2 heterocycles. The molecule has 0 atom stereocenters. The molecule has 0 saturated heterocycles. The molecule has 10 heteroatoms. The molecule has 0 radical (unpaired) electrons. The average molecular weight is 671 g/mol. The highest BCUT2D eigenvalue weighted by molar-refractivity contribution is 6.12. The van der Waals surface area contributed by atoms with Crippen molar-refractivity contribution >= 4 is 43.6 Å². The summed E-state index contributed by atoms with van der Waals surface area (Å²) in [7, 11) is 0. The van der Waals surface area contributed by atoms with E-state index in [4.69, 9.17) is 0 Å². The van der Waals surface area contributed by atoms with Gasteiger partial charge in [0.2, 0.25) is 0 Å². The second kappa shape index (κ2) is 11.0. The summed E-state index contributed by atoms with van der Waals surface area (Å²) in [5, 5.41) is 22.5. The van der Waals surface area contributed by atoms with E-state index >= 15 is 0 Å². The molecule has 0 aliphatic heterocycles. The number of benzene rings is 6. The van der Waals surface area contributed by atoms with Gasteiger partial charge >= 0.3 is 12.4 Å². The Bertz CT molecular complexity index is 2770. The fourth-order valence-corrected chi connectivity index (χ4v) is 6.84. The Kier molecular flexibility index (Phi) is 6.78. The standard InChI is InChI=1S/C40H20F6N4/c41-39(42,43)26-12-14-30-28-8-1-3-10-33(28)49(35(30)18-26)37-17-25(22-48)32(24-7-5-6-23(16-24)21-47)20-38(37)50-34-11-4-2-9-29(34)31-15-13-27(19-36(31)50)40(44,45)46/h1-20H. The molecule has 0 bridgehead atoms. The molecule has 0 unspecified atom stereocenters. The van der Waals surface area contributed by atoms with Gasteiger partial charge in [0.15, 0.2) is 0 Å². The molecule has 0 spiro atoms. The van der Waals surface area contributed by atoms with E-state index in [1.807, 2.05) is 0 Å². The van der Waals surface area contributed by atoms with Crippen LogP contribution in [-0.4, -0.2) is 9.13 Å². The van der Waals surface area contributed by atoms with Gasteiger partial charge in [-0.2, -0.15) is 36.9 Å². The van der Waals surface area contributed by atoms with E-state index in [0.717, 1.165) is 24.3 Å². The fourth-order valence-electron chi connectivity index (χ4n) is 6.84. The maximum atomic E-state index is 14.2. The maximum absolute atomic E-state index is 14.2. The number of rotatable bonds is 3. The van der Waals surface area contributed by atoms with Crippen LogP contribution in [0.5, 0.6) is 0 Å². The minimum Gasteiger partial charge on any atom is -0.307 e. The lowest BCUT2D eigenvalue weighted by molar-refractivity contribution is -0.138. The molecule has 8 aromatic rings. The normalized spacial score (nSPS) is 12.2. The number of para-hydroxylation sites is 2. The van der Waals surface area contributed by atoms with Gasteiger partial charge in [0.05, 0.1) is 67.8 Å². The first-order valence-electron chi connectivity index (χ1n) is 15.3. The van der Waals surface area contributed by atoms with Crippen LogP contribution in [0.25, 0.3) is 66.1 Å². The average Bonchev–Trinajstić information content (AvgIpc) is 3.62. The van der Waals surface area contributed by atoms with Gasteiger partial charge < -0.3 is 9.13 Å². The summed E-state index contributed by atoms with van der Waals surface area (Å²) in [6, 6.07) is 35.1. The van der Waals surface area contributed by atoms with Crippen molar-refractivity contribution < 1.29 is 26.3 Å². The number of fused-ring (bicyclic) bond motifs is 6. The largest absolute Gasteiger partial charge is 0.416 e. The van der Waals surface area contributed by atoms with Crippen molar-refractivity contribution in [3.05, 3.63) is 144 Å². The minimum atomic E-state index is -4.66. The summed E-state index contributed by atoms with van der Waals surface area (Å²) >= 11 is 0. The molecule has 0 amide bonds. The summed E-state index contributed by atoms with van der Waals surface area (Å²) in [5.74, 6) is 0. The number of alkyl halides is 6. The van der Waals surface area contributed by atoms with Gasteiger partial charge in [-0.05, 0) is 66.2 Å². The zero-order valence-electron chi connectivity index (χ0n) is 25.6. The van der Waals surface area contributed by atoms with E-state index in [1.165, 1.54) is 12.1 Å². The van der Waals surface area contributed by atoms with Crippen molar-refractivity contribution in [2.75, 3.05) is 0 Å². The van der Waals surface area contributed by atoms with Crippen LogP contribution in [0.3, 0.4) is 0 Å². The van der Waals surface area contributed by atoms with Gasteiger partial charge in [0.25, 0.3) is 0 Å². The monoisotopic (exact) mass is 670 g/mol. The topological polar surface area (TPSA) is 57.4 Å². The maximum Gasteiger partial charge on any atom is 0.416 e. The number of nitriles is 2. The molecule has 0 saturated carbocycles. The Morgan fingerprint density at radius 3 is 1.46 bits per heavy atom. The van der Waals surface area contributed by atoms with E-state index in [-0.39, 0.29) is 22.3 Å². The first-order chi connectivity index (χ1) is 24.0. The highest BCUT2D eigenvalue weighted by Gasteiger charge is 2.33. The van der Waals surface area contributed by atoms with Crippen LogP contribution in [0.2, 0.25) is 0 Å². The second-order valence-corrected chi connectivity index (χ2v) is 11.9. The molecule has 6 aromatic carbocycles. The Morgan fingerprint density at radius 2 is 0.960 bits per heavy atom. The Morgan fingerprint density at radius 1 is 0.460 bits per heavy atom. The number of aromatic nitrogens is 2. The van der Waals surface area contributed by atoms with Crippen molar-refractivity contribution in [2.24, 2.45) is 0 Å². The molecule has 0 N–H and O–H groups in total. The zero-order valence-corrected chi connectivity index (χ0v) is 25.6. The number of halogens is 6. The third kappa shape index (κ3) is 4.76. The van der Waals surface area contributed by atoms with Crippen LogP contribution in [0.4, 0.5) is 26.3 Å². The van der Waals surface area contributed by atoms with Crippen LogP contribution in [0.15, 0.2) is 121 Å². The lowest BCUT2D eigenvalue weighted by atomic mass is 9.96. The predicted molar refractivity (Wildman–Crippen MR) is 180 cm³/mol. The van der Waals surface area contributed by atoms with E-state index in [1.54, 1.807) is 94.1 Å². The van der Waals surface area contributed by atoms with Crippen molar-refractivity contribution in [1.29, 1.82) is 10.5 Å². The lowest BCUT2D eigenvalue weighted by Crippen LogP contribution is -2.08. The molecule has 0 aliphatic carbocycles. The quantitative estimate of drug-likeness (QED) is 0.176. The highest BCUT2D eigenvalue weighted by Crippen LogP contribution is 2.43. The van der Waals surface area contributed by atoms with Crippen molar-refractivity contribution in [1.82, 2.24) is 9.13 Å². The van der Waals surface area contributed by atoms with Crippen molar-refractivity contribution in [3.63, 3.8) is 0 Å². The summed E-state index contributed by atoms with van der Waals surface area (Å²) in [6.45, 7) is 0. The van der Waals surface area contributed by atoms with Gasteiger partial charge in [-0.15, -0.1) is 0 Å². The molecule has 8 rings (SSSR count). The van der Waals surface area contributed by atoms with Crippen LogP contribution in [-0.2, 0) is 12.4 Å². The molecule has 242 valence electrons. The summed E-state index contributed by atoms with van der Waals surface area (Å²) < 4.78 is 88.2. The fraction of sp³-hybridized carbons (Fsp3) is 0.0500. The SMILES string of the molecule is N#Cc1cccc(-c2cc(-n3c4ccccc4c4ccc(C(F)(F)F)cc43)c(-n3c4ccccc4c4ccc(C(F)(F)F)cc43)cc2C#N)c1. The third-order valence-corrected chi connectivity index (χ3v) is 9.02. The number of nitrogens with zero attached hydrogens (tertiary/aromatic N) is 4. The van der Waals surface area contributed by atoms with Gasteiger partial charge in [-0.25, -0.2) is 0 Å². The van der Waals surface area contributed by atoms with Gasteiger partial charge in [-0.1, -0.05) is 60.7 Å². The van der Waals surface area contributed by atoms with Gasteiger partial charge in [0, 0.05) is 27.1 Å². The van der Waals surface area contributed by atoms with Gasteiger partial charge in [0.1, 0.15) is 0 Å². The molecule has 0 aliphatic rings. The summed E-state index contributed by atoms with van der Waals surface area (Å²) in [5.41, 5.74) is 1.67. The minimum absolute atomic E-state index is 0.147. The van der Waals surface area contributed by atoms with Crippen molar-refractivity contribution in [2.45, 2.75) is 12.4 Å². The summed E-state index contributed by atoms with van der Waals surface area (Å²) in [6.07, 6.45) is -9.32. The van der Waals surface area contributed by atoms with E-state index in [9.17, 15) is 36.9 Å². The lowest BCUT2D eigenvalue weighted by Gasteiger charge is -2.20. The smallest absolute Gasteiger partial charge is 0.307 e. The first-order valence-corrected chi connectivity index (χ1v) is 15.3. The van der Waals surface area contributed by atoms with E-state index < -0.39 is 23.5 Å². The number of hydrogen-bond acceptors (Lipinski definition) is 2.